The van der Waals surface area contributed by atoms with E-state index in [4.69, 9.17) is 9.79 Å². The Bertz CT molecular complexity index is 629. The first kappa shape index (κ1) is 15.5. The summed E-state index contributed by atoms with van der Waals surface area (Å²) in [7, 11) is -4.44. The number of aromatic hydroxyl groups is 1. The average Bonchev–Trinajstić information content (AvgIpc) is 2.38. The Morgan fingerprint density at radius 2 is 1.86 bits per heavy atom. The van der Waals surface area contributed by atoms with Crippen molar-refractivity contribution in [3.63, 3.8) is 0 Å². The number of allylic oxidation sites excluding steroid dienone is 3. The van der Waals surface area contributed by atoms with Crippen molar-refractivity contribution in [2.24, 2.45) is 5.92 Å². The number of hydrogen-bond donors (Lipinski definition) is 4. The standard InChI is InChI=1S/C14H16NO5P/c16-12-6-2-10(3-7-12)1-4-11-5-8-13(17)9-14(11)15-21(18,19)20/h2-3,5-9,11,16H,1,4H2,(H3,15,18,19,20). The van der Waals surface area contributed by atoms with Gasteiger partial charge in [-0.05, 0) is 36.6 Å². The van der Waals surface area contributed by atoms with Crippen molar-refractivity contribution in [3.05, 3.63) is 53.8 Å². The van der Waals surface area contributed by atoms with Crippen LogP contribution in [-0.2, 0) is 15.8 Å². The Hall–Kier alpha value is -1.88. The molecule has 0 saturated heterocycles. The summed E-state index contributed by atoms with van der Waals surface area (Å²) in [6, 6.07) is 6.74. The normalized spacial score (nSPS) is 18.5. The van der Waals surface area contributed by atoms with Crippen LogP contribution in [0.15, 0.2) is 48.2 Å². The molecule has 21 heavy (non-hydrogen) atoms. The highest BCUT2D eigenvalue weighted by atomic mass is 31.2. The van der Waals surface area contributed by atoms with Crippen LogP contribution in [0.3, 0.4) is 0 Å². The summed E-state index contributed by atoms with van der Waals surface area (Å²) in [5.74, 6) is -0.373. The van der Waals surface area contributed by atoms with Gasteiger partial charge in [-0.25, -0.2) is 4.57 Å². The summed E-state index contributed by atoms with van der Waals surface area (Å²) >= 11 is 0. The molecule has 1 aromatic carbocycles. The van der Waals surface area contributed by atoms with Crippen LogP contribution >= 0.6 is 7.75 Å². The van der Waals surface area contributed by atoms with Gasteiger partial charge in [-0.2, -0.15) is 0 Å². The number of hydrogen-bond acceptors (Lipinski definition) is 3. The highest BCUT2D eigenvalue weighted by molar-refractivity contribution is 7.49. The minimum atomic E-state index is -4.44. The maximum absolute atomic E-state index is 11.3. The van der Waals surface area contributed by atoms with Crippen molar-refractivity contribution in [2.45, 2.75) is 12.8 Å². The van der Waals surface area contributed by atoms with E-state index >= 15 is 0 Å². The molecular formula is C14H16NO5P. The molecule has 1 aliphatic carbocycles. The number of ketones is 1. The van der Waals surface area contributed by atoms with Crippen LogP contribution in [0.2, 0.25) is 0 Å². The van der Waals surface area contributed by atoms with E-state index in [1.165, 1.54) is 12.2 Å². The quantitative estimate of drug-likeness (QED) is 0.616. The summed E-state index contributed by atoms with van der Waals surface area (Å²) in [4.78, 5) is 29.3. The Morgan fingerprint density at radius 3 is 2.48 bits per heavy atom. The number of benzene rings is 1. The molecule has 1 aliphatic rings. The lowest BCUT2D eigenvalue weighted by Gasteiger charge is -2.21. The van der Waals surface area contributed by atoms with E-state index in [9.17, 15) is 14.5 Å². The second-order valence-electron chi connectivity index (χ2n) is 4.83. The number of aryl methyl sites for hydroxylation is 1. The molecule has 1 unspecified atom stereocenters. The van der Waals surface area contributed by atoms with E-state index in [1.807, 2.05) is 0 Å². The summed E-state index contributed by atoms with van der Waals surface area (Å²) < 4.78 is 11.0. The molecule has 0 aromatic heterocycles. The van der Waals surface area contributed by atoms with Crippen molar-refractivity contribution < 1.29 is 24.3 Å². The zero-order valence-electron chi connectivity index (χ0n) is 11.1. The van der Waals surface area contributed by atoms with Gasteiger partial charge in [0, 0.05) is 17.7 Å². The van der Waals surface area contributed by atoms with Gasteiger partial charge in [0.05, 0.1) is 0 Å². The monoisotopic (exact) mass is 309 g/mol. The van der Waals surface area contributed by atoms with Gasteiger partial charge < -0.3 is 14.9 Å². The highest BCUT2D eigenvalue weighted by Gasteiger charge is 2.23. The van der Waals surface area contributed by atoms with Crippen molar-refractivity contribution in [1.29, 1.82) is 0 Å². The van der Waals surface area contributed by atoms with Gasteiger partial charge in [0.2, 0.25) is 0 Å². The highest BCUT2D eigenvalue weighted by Crippen LogP contribution is 2.34. The van der Waals surface area contributed by atoms with Crippen molar-refractivity contribution in [1.82, 2.24) is 5.09 Å². The molecule has 4 N–H and O–H groups in total. The summed E-state index contributed by atoms with van der Waals surface area (Å²) in [5, 5.41) is 11.3. The molecule has 1 aromatic rings. The van der Waals surface area contributed by atoms with Crippen molar-refractivity contribution in [2.75, 3.05) is 0 Å². The van der Waals surface area contributed by atoms with Crippen LogP contribution in [0.5, 0.6) is 5.75 Å². The van der Waals surface area contributed by atoms with Gasteiger partial charge in [0.25, 0.3) is 0 Å². The molecule has 112 valence electrons. The van der Waals surface area contributed by atoms with Gasteiger partial charge in [0.1, 0.15) is 5.75 Å². The summed E-state index contributed by atoms with van der Waals surface area (Å²) in [5.41, 5.74) is 1.23. The second-order valence-corrected chi connectivity index (χ2v) is 6.14. The minimum Gasteiger partial charge on any atom is -0.508 e. The number of carbonyl (C=O) groups excluding carboxylic acids is 1. The number of carbonyl (C=O) groups is 1. The number of phenols is 1. The third-order valence-corrected chi connectivity index (χ3v) is 3.69. The fourth-order valence-corrected chi connectivity index (χ4v) is 2.71. The Kier molecular flexibility index (Phi) is 4.63. The van der Waals surface area contributed by atoms with E-state index in [0.29, 0.717) is 12.8 Å². The van der Waals surface area contributed by atoms with Gasteiger partial charge in [-0.1, -0.05) is 18.2 Å². The number of rotatable bonds is 5. The Morgan fingerprint density at radius 1 is 1.19 bits per heavy atom. The van der Waals surface area contributed by atoms with Crippen LogP contribution in [0.25, 0.3) is 0 Å². The first-order chi connectivity index (χ1) is 9.83. The molecule has 0 radical (unpaired) electrons. The molecule has 0 spiro atoms. The smallest absolute Gasteiger partial charge is 0.427 e. The van der Waals surface area contributed by atoms with Crippen LogP contribution in [0.1, 0.15) is 12.0 Å². The molecule has 0 bridgehead atoms. The zero-order valence-corrected chi connectivity index (χ0v) is 12.0. The third kappa shape index (κ3) is 4.86. The molecule has 1 atom stereocenters. The molecule has 2 rings (SSSR count). The molecule has 6 nitrogen and oxygen atoms in total. The van der Waals surface area contributed by atoms with E-state index in [-0.39, 0.29) is 23.1 Å². The molecule has 7 heteroatoms. The first-order valence-electron chi connectivity index (χ1n) is 6.39. The Labute approximate surface area is 122 Å². The van der Waals surface area contributed by atoms with Crippen LogP contribution in [0.4, 0.5) is 0 Å². The summed E-state index contributed by atoms with van der Waals surface area (Å²) in [6.45, 7) is 0. The lowest BCUT2D eigenvalue weighted by atomic mass is 9.92. The van der Waals surface area contributed by atoms with E-state index in [1.54, 1.807) is 30.3 Å². The maximum Gasteiger partial charge on any atom is 0.427 e. The predicted octanol–water partition coefficient (Wildman–Crippen LogP) is 1.65. The molecule has 0 aliphatic heterocycles. The second kappa shape index (κ2) is 6.26. The summed E-state index contributed by atoms with van der Waals surface area (Å²) in [6.07, 6.45) is 5.49. The maximum atomic E-state index is 11.3. The average molecular weight is 309 g/mol. The fourth-order valence-electron chi connectivity index (χ4n) is 2.14. The Balaban J connectivity index is 2.04. The van der Waals surface area contributed by atoms with Crippen LogP contribution in [0, 0.1) is 5.92 Å². The van der Waals surface area contributed by atoms with Crippen LogP contribution in [-0.4, -0.2) is 20.7 Å². The largest absolute Gasteiger partial charge is 0.508 e. The van der Waals surface area contributed by atoms with Crippen molar-refractivity contribution >= 4 is 13.5 Å². The van der Waals surface area contributed by atoms with E-state index in [2.05, 4.69) is 5.09 Å². The van der Waals surface area contributed by atoms with Gasteiger partial charge >= 0.3 is 7.75 Å². The fraction of sp³-hybridized carbons (Fsp3) is 0.214. The van der Waals surface area contributed by atoms with Gasteiger partial charge in [0.15, 0.2) is 5.78 Å². The van der Waals surface area contributed by atoms with Crippen molar-refractivity contribution in [3.8, 4) is 5.75 Å². The number of nitrogens with one attached hydrogen (secondary N) is 1. The zero-order chi connectivity index (χ0) is 15.5. The lowest BCUT2D eigenvalue weighted by molar-refractivity contribution is -0.110. The van der Waals surface area contributed by atoms with Gasteiger partial charge in [-0.3, -0.25) is 9.88 Å². The van der Waals surface area contributed by atoms with E-state index in [0.717, 1.165) is 5.56 Å². The molecule has 0 fully saturated rings. The van der Waals surface area contributed by atoms with Crippen LogP contribution < -0.4 is 5.09 Å². The lowest BCUT2D eigenvalue weighted by Crippen LogP contribution is -2.21. The molecular weight excluding hydrogens is 293 g/mol. The molecule has 0 saturated carbocycles. The molecule has 0 heterocycles. The third-order valence-electron chi connectivity index (χ3n) is 3.15. The first-order valence-corrected chi connectivity index (χ1v) is 8.00. The topological polar surface area (TPSA) is 107 Å². The predicted molar refractivity (Wildman–Crippen MR) is 77.3 cm³/mol. The SMILES string of the molecule is O=C1C=CC(CCc2ccc(O)cc2)C(NP(=O)(O)O)=C1. The minimum absolute atomic E-state index is 0.186. The van der Waals surface area contributed by atoms with E-state index < -0.39 is 7.75 Å². The number of phenolic OH excluding ortho intramolecular Hbond substituents is 1. The van der Waals surface area contributed by atoms with Gasteiger partial charge in [-0.15, -0.1) is 0 Å². The molecule has 0 amide bonds.